The van der Waals surface area contributed by atoms with Crippen molar-refractivity contribution in [3.63, 3.8) is 0 Å². The molecular formula is C18H21N5O4. The first-order chi connectivity index (χ1) is 13.1. The molecule has 1 aromatic heterocycles. The van der Waals surface area contributed by atoms with Crippen LogP contribution >= 0.6 is 0 Å². The molecule has 2 fully saturated rings. The summed E-state index contributed by atoms with van der Waals surface area (Å²) in [7, 11) is 0. The number of ether oxygens (including phenoxy) is 1. The van der Waals surface area contributed by atoms with Gasteiger partial charge < -0.3 is 24.8 Å². The predicted octanol–water partition coefficient (Wildman–Crippen LogP) is 2.41. The lowest BCUT2D eigenvalue weighted by atomic mass is 9.92. The first kappa shape index (κ1) is 17.3. The zero-order chi connectivity index (χ0) is 18.9. The monoisotopic (exact) mass is 371 g/mol. The van der Waals surface area contributed by atoms with Gasteiger partial charge in [0.15, 0.2) is 5.82 Å². The van der Waals surface area contributed by atoms with Crippen LogP contribution in [0.5, 0.6) is 0 Å². The summed E-state index contributed by atoms with van der Waals surface area (Å²) in [5, 5.41) is 9.49. The molecule has 2 saturated heterocycles. The van der Waals surface area contributed by atoms with Gasteiger partial charge in [-0.15, -0.1) is 0 Å². The van der Waals surface area contributed by atoms with Gasteiger partial charge in [-0.3, -0.25) is 0 Å². The Bertz CT molecular complexity index is 857. The minimum atomic E-state index is -0.470. The van der Waals surface area contributed by atoms with Crippen LogP contribution in [0, 0.1) is 0 Å². The average Bonchev–Trinajstić information content (AvgIpc) is 3.30. The number of anilines is 1. The first-order valence-electron chi connectivity index (χ1n) is 9.03. The molecule has 3 amide bonds. The summed E-state index contributed by atoms with van der Waals surface area (Å²) >= 11 is 0. The fourth-order valence-electron chi connectivity index (χ4n) is 3.35. The summed E-state index contributed by atoms with van der Waals surface area (Å²) < 4.78 is 10.6. The number of aryl methyl sites for hydroxylation is 1. The molecule has 1 aromatic carbocycles. The predicted molar refractivity (Wildman–Crippen MR) is 96.2 cm³/mol. The molecule has 142 valence electrons. The lowest BCUT2D eigenvalue weighted by Gasteiger charge is -2.37. The molecule has 3 heterocycles. The Morgan fingerprint density at radius 1 is 1.37 bits per heavy atom. The zero-order valence-corrected chi connectivity index (χ0v) is 15.0. The smallest absolute Gasteiger partial charge is 0.407 e. The summed E-state index contributed by atoms with van der Waals surface area (Å²) in [5.74, 6) is 1.07. The minimum Gasteiger partial charge on any atom is -0.441 e. The van der Waals surface area contributed by atoms with Gasteiger partial charge in [-0.1, -0.05) is 18.1 Å². The van der Waals surface area contributed by atoms with E-state index in [1.54, 1.807) is 11.0 Å². The van der Waals surface area contributed by atoms with E-state index in [0.717, 1.165) is 5.56 Å². The van der Waals surface area contributed by atoms with Gasteiger partial charge >= 0.3 is 12.1 Å². The molecule has 1 spiro atoms. The number of nitrogens with zero attached hydrogens (tertiary/aromatic N) is 3. The minimum absolute atomic E-state index is 0.181. The third-order valence-electron chi connectivity index (χ3n) is 4.97. The van der Waals surface area contributed by atoms with Crippen molar-refractivity contribution < 1.29 is 18.8 Å². The highest BCUT2D eigenvalue weighted by atomic mass is 16.6. The number of amides is 3. The molecule has 2 aliphatic heterocycles. The lowest BCUT2D eigenvalue weighted by molar-refractivity contribution is 0.0110. The standard InChI is InChI=1S/C18H21N5O4/c1-2-14-21-15(27-22-14)12-4-3-5-13(10-12)20-16(24)23-8-6-18(7-9-23)11-19-17(25)26-18/h3-5,10H,2,6-9,11H2,1H3,(H,19,25)(H,20,24). The van der Waals surface area contributed by atoms with Crippen LogP contribution < -0.4 is 10.6 Å². The fourth-order valence-corrected chi connectivity index (χ4v) is 3.35. The number of nitrogens with one attached hydrogen (secondary N) is 2. The number of hydrogen-bond acceptors (Lipinski definition) is 6. The fraction of sp³-hybridized carbons (Fsp3) is 0.444. The van der Waals surface area contributed by atoms with Gasteiger partial charge in [-0.05, 0) is 18.2 Å². The number of carbonyl (C=O) groups is 2. The third kappa shape index (κ3) is 3.57. The van der Waals surface area contributed by atoms with Crippen LogP contribution in [0.3, 0.4) is 0 Å². The van der Waals surface area contributed by atoms with Gasteiger partial charge in [0.05, 0.1) is 6.54 Å². The van der Waals surface area contributed by atoms with Gasteiger partial charge in [-0.25, -0.2) is 9.59 Å². The van der Waals surface area contributed by atoms with Crippen LogP contribution in [0.15, 0.2) is 28.8 Å². The van der Waals surface area contributed by atoms with Crippen molar-refractivity contribution in [3.05, 3.63) is 30.1 Å². The Labute approximate surface area is 156 Å². The Hall–Kier alpha value is -3.10. The van der Waals surface area contributed by atoms with Crippen LogP contribution in [0.4, 0.5) is 15.3 Å². The number of piperidine rings is 1. The van der Waals surface area contributed by atoms with Crippen molar-refractivity contribution in [1.29, 1.82) is 0 Å². The molecule has 9 heteroatoms. The number of urea groups is 1. The van der Waals surface area contributed by atoms with E-state index in [9.17, 15) is 9.59 Å². The van der Waals surface area contributed by atoms with Crippen molar-refractivity contribution in [2.75, 3.05) is 25.0 Å². The molecule has 4 rings (SSSR count). The van der Waals surface area contributed by atoms with Crippen molar-refractivity contribution >= 4 is 17.8 Å². The van der Waals surface area contributed by atoms with Crippen molar-refractivity contribution in [1.82, 2.24) is 20.4 Å². The summed E-state index contributed by atoms with van der Waals surface area (Å²) in [6.07, 6.45) is 1.57. The van der Waals surface area contributed by atoms with Gasteiger partial charge in [0.25, 0.3) is 5.89 Å². The highest BCUT2D eigenvalue weighted by Gasteiger charge is 2.43. The second-order valence-electron chi connectivity index (χ2n) is 6.79. The quantitative estimate of drug-likeness (QED) is 0.857. The summed E-state index contributed by atoms with van der Waals surface area (Å²) in [5.41, 5.74) is 0.937. The summed E-state index contributed by atoms with van der Waals surface area (Å²) in [6, 6.07) is 7.12. The number of aromatic nitrogens is 2. The SMILES string of the molecule is CCc1noc(-c2cccc(NC(=O)N3CCC4(CC3)CNC(=O)O4)c2)n1. The van der Waals surface area contributed by atoms with E-state index in [-0.39, 0.29) is 12.1 Å². The van der Waals surface area contributed by atoms with Gasteiger partial charge in [0.1, 0.15) is 5.60 Å². The highest BCUT2D eigenvalue weighted by Crippen LogP contribution is 2.29. The van der Waals surface area contributed by atoms with Gasteiger partial charge in [0, 0.05) is 43.6 Å². The summed E-state index contributed by atoms with van der Waals surface area (Å²) in [6.45, 7) is 3.53. The molecular weight excluding hydrogens is 350 g/mol. The highest BCUT2D eigenvalue weighted by molar-refractivity contribution is 5.90. The number of likely N-dealkylation sites (tertiary alicyclic amines) is 1. The van der Waals surface area contributed by atoms with E-state index in [4.69, 9.17) is 9.26 Å². The third-order valence-corrected chi connectivity index (χ3v) is 4.97. The molecule has 0 radical (unpaired) electrons. The molecule has 0 atom stereocenters. The molecule has 2 N–H and O–H groups in total. The maximum Gasteiger partial charge on any atom is 0.407 e. The first-order valence-corrected chi connectivity index (χ1v) is 9.03. The molecule has 27 heavy (non-hydrogen) atoms. The van der Waals surface area contributed by atoms with Gasteiger partial charge in [-0.2, -0.15) is 4.98 Å². The Morgan fingerprint density at radius 2 is 2.19 bits per heavy atom. The van der Waals surface area contributed by atoms with E-state index in [1.165, 1.54) is 0 Å². The van der Waals surface area contributed by atoms with E-state index < -0.39 is 5.60 Å². The lowest BCUT2D eigenvalue weighted by Crippen LogP contribution is -2.49. The molecule has 0 aliphatic carbocycles. The zero-order valence-electron chi connectivity index (χ0n) is 15.0. The second kappa shape index (κ2) is 6.90. The number of alkyl carbamates (subject to hydrolysis) is 1. The molecule has 0 saturated carbocycles. The maximum atomic E-state index is 12.6. The van der Waals surface area contributed by atoms with E-state index >= 15 is 0 Å². The molecule has 2 aliphatic rings. The van der Waals surface area contributed by atoms with Gasteiger partial charge in [0.2, 0.25) is 0 Å². The van der Waals surface area contributed by atoms with Crippen LogP contribution in [0.2, 0.25) is 0 Å². The Morgan fingerprint density at radius 3 is 2.85 bits per heavy atom. The second-order valence-corrected chi connectivity index (χ2v) is 6.79. The molecule has 9 nitrogen and oxygen atoms in total. The van der Waals surface area contributed by atoms with Crippen molar-refractivity contribution in [2.45, 2.75) is 31.8 Å². The summed E-state index contributed by atoms with van der Waals surface area (Å²) in [4.78, 5) is 29.9. The van der Waals surface area contributed by atoms with Crippen LogP contribution in [-0.4, -0.2) is 52.4 Å². The van der Waals surface area contributed by atoms with E-state index in [0.29, 0.717) is 56.3 Å². The van der Waals surface area contributed by atoms with Crippen molar-refractivity contribution in [2.24, 2.45) is 0 Å². The average molecular weight is 371 g/mol. The number of carbonyl (C=O) groups excluding carboxylic acids is 2. The number of hydrogen-bond donors (Lipinski definition) is 2. The number of rotatable bonds is 3. The van der Waals surface area contributed by atoms with Crippen LogP contribution in [-0.2, 0) is 11.2 Å². The topological polar surface area (TPSA) is 110 Å². The van der Waals surface area contributed by atoms with E-state index in [1.807, 2.05) is 25.1 Å². The van der Waals surface area contributed by atoms with Crippen LogP contribution in [0.25, 0.3) is 11.5 Å². The van der Waals surface area contributed by atoms with Crippen LogP contribution in [0.1, 0.15) is 25.6 Å². The van der Waals surface area contributed by atoms with Crippen molar-refractivity contribution in [3.8, 4) is 11.5 Å². The number of benzene rings is 1. The largest absolute Gasteiger partial charge is 0.441 e. The molecule has 0 unspecified atom stereocenters. The van der Waals surface area contributed by atoms with E-state index in [2.05, 4.69) is 20.8 Å². The Balaban J connectivity index is 1.39. The maximum absolute atomic E-state index is 12.6. The molecule has 2 aromatic rings. The molecule has 0 bridgehead atoms. The normalized spacial score (nSPS) is 18.3. The Kier molecular flexibility index (Phi) is 4.43.